The van der Waals surface area contributed by atoms with Gasteiger partial charge in [-0.3, -0.25) is 4.90 Å². The van der Waals surface area contributed by atoms with Crippen molar-refractivity contribution < 1.29 is 4.42 Å². The molecule has 0 spiro atoms. The van der Waals surface area contributed by atoms with Crippen molar-refractivity contribution in [2.45, 2.75) is 51.6 Å². The van der Waals surface area contributed by atoms with Crippen molar-refractivity contribution in [3.05, 3.63) is 11.8 Å². The number of hydrogen-bond donors (Lipinski definition) is 1. The smallest absolute Gasteiger partial charge is 0.230 e. The molecule has 0 amide bonds. The maximum Gasteiger partial charge on any atom is 0.230 e. The first-order valence-corrected chi connectivity index (χ1v) is 7.60. The first-order chi connectivity index (χ1) is 9.33. The van der Waals surface area contributed by atoms with Gasteiger partial charge in [-0.05, 0) is 38.1 Å². The molecule has 2 heterocycles. The van der Waals surface area contributed by atoms with E-state index in [9.17, 15) is 0 Å². The molecule has 3 rings (SSSR count). The molecule has 0 atom stereocenters. The minimum Gasteiger partial charge on any atom is -0.424 e. The zero-order chi connectivity index (χ0) is 13.1. The average molecular weight is 264 g/mol. The molecule has 0 radical (unpaired) electrons. The van der Waals surface area contributed by atoms with E-state index in [0.29, 0.717) is 6.04 Å². The molecule has 106 valence electrons. The van der Waals surface area contributed by atoms with Gasteiger partial charge in [0.15, 0.2) is 0 Å². The maximum atomic E-state index is 5.57. The Bertz CT molecular complexity index is 394. The predicted molar refractivity (Wildman–Crippen MR) is 72.7 cm³/mol. The summed E-state index contributed by atoms with van der Waals surface area (Å²) >= 11 is 0. The normalized spacial score (nSPS) is 21.9. The zero-order valence-electron chi connectivity index (χ0n) is 11.8. The maximum absolute atomic E-state index is 5.57. The van der Waals surface area contributed by atoms with Crippen molar-refractivity contribution in [3.63, 3.8) is 0 Å². The van der Waals surface area contributed by atoms with Gasteiger partial charge in [0.05, 0.1) is 6.54 Å². The van der Waals surface area contributed by atoms with Crippen LogP contribution in [0.5, 0.6) is 0 Å². The predicted octanol–water partition coefficient (Wildman–Crippen LogP) is 1.60. The molecule has 2 aliphatic rings. The molecule has 1 aliphatic heterocycles. The Balaban J connectivity index is 1.39. The number of rotatable bonds is 6. The van der Waals surface area contributed by atoms with Gasteiger partial charge in [-0.15, -0.1) is 10.2 Å². The van der Waals surface area contributed by atoms with E-state index in [2.05, 4.69) is 20.4 Å². The number of hydrogen-bond acceptors (Lipinski definition) is 5. The van der Waals surface area contributed by atoms with Crippen molar-refractivity contribution in [1.82, 2.24) is 20.4 Å². The molecular formula is C14H24N4O. The fourth-order valence-corrected chi connectivity index (χ4v) is 2.64. The highest BCUT2D eigenvalue weighted by Crippen LogP contribution is 2.28. The summed E-state index contributed by atoms with van der Waals surface area (Å²) in [7, 11) is 0. The van der Waals surface area contributed by atoms with E-state index >= 15 is 0 Å². The van der Waals surface area contributed by atoms with Gasteiger partial charge in [-0.1, -0.05) is 6.92 Å². The Morgan fingerprint density at radius 3 is 2.53 bits per heavy atom. The van der Waals surface area contributed by atoms with Crippen LogP contribution in [0, 0.1) is 5.92 Å². The summed E-state index contributed by atoms with van der Waals surface area (Å²) in [5.41, 5.74) is 0. The zero-order valence-corrected chi connectivity index (χ0v) is 11.8. The lowest BCUT2D eigenvalue weighted by atomic mass is 10.0. The van der Waals surface area contributed by atoms with E-state index in [0.717, 1.165) is 43.8 Å². The van der Waals surface area contributed by atoms with Crippen LogP contribution in [-0.4, -0.2) is 40.8 Å². The number of aromatic nitrogens is 2. The number of piperidine rings is 1. The molecule has 0 aromatic carbocycles. The first-order valence-electron chi connectivity index (χ1n) is 7.60. The lowest BCUT2D eigenvalue weighted by Gasteiger charge is -2.31. The summed E-state index contributed by atoms with van der Waals surface area (Å²) in [6.45, 7) is 6.34. The number of nitrogens with zero attached hydrogens (tertiary/aromatic N) is 3. The third-order valence-electron chi connectivity index (χ3n) is 4.15. The Morgan fingerprint density at radius 1 is 1.16 bits per heavy atom. The molecule has 1 aromatic rings. The quantitative estimate of drug-likeness (QED) is 0.845. The van der Waals surface area contributed by atoms with Crippen molar-refractivity contribution in [3.8, 4) is 0 Å². The second kappa shape index (κ2) is 6.01. The van der Waals surface area contributed by atoms with Crippen LogP contribution < -0.4 is 5.32 Å². The van der Waals surface area contributed by atoms with Crippen LogP contribution in [0.15, 0.2) is 4.42 Å². The summed E-state index contributed by atoms with van der Waals surface area (Å²) in [5.74, 6) is 2.49. The molecular weight excluding hydrogens is 240 g/mol. The summed E-state index contributed by atoms with van der Waals surface area (Å²) in [4.78, 5) is 2.42. The van der Waals surface area contributed by atoms with Gasteiger partial charge < -0.3 is 9.73 Å². The van der Waals surface area contributed by atoms with Gasteiger partial charge in [-0.2, -0.15) is 0 Å². The van der Waals surface area contributed by atoms with E-state index in [1.807, 2.05) is 6.92 Å². The van der Waals surface area contributed by atoms with Crippen molar-refractivity contribution in [2.24, 2.45) is 5.92 Å². The fourth-order valence-electron chi connectivity index (χ4n) is 2.64. The molecule has 0 unspecified atom stereocenters. The largest absolute Gasteiger partial charge is 0.424 e. The van der Waals surface area contributed by atoms with E-state index in [1.165, 1.54) is 32.2 Å². The first kappa shape index (κ1) is 13.1. The van der Waals surface area contributed by atoms with Gasteiger partial charge in [0.2, 0.25) is 11.8 Å². The van der Waals surface area contributed by atoms with E-state index in [4.69, 9.17) is 4.42 Å². The molecule has 2 fully saturated rings. The SMILES string of the molecule is CCc1nnc(CN2CCC(NCC3CC3)CC2)o1. The Labute approximate surface area is 114 Å². The molecule has 1 saturated carbocycles. The van der Waals surface area contributed by atoms with Crippen LogP contribution >= 0.6 is 0 Å². The second-order valence-corrected chi connectivity index (χ2v) is 5.85. The summed E-state index contributed by atoms with van der Waals surface area (Å²) in [5, 5.41) is 11.8. The van der Waals surface area contributed by atoms with Gasteiger partial charge in [0, 0.05) is 25.6 Å². The van der Waals surface area contributed by atoms with Gasteiger partial charge in [0.1, 0.15) is 0 Å². The minimum absolute atomic E-state index is 0.714. The molecule has 19 heavy (non-hydrogen) atoms. The lowest BCUT2D eigenvalue weighted by molar-refractivity contribution is 0.174. The average Bonchev–Trinajstić information content (AvgIpc) is 3.17. The summed E-state index contributed by atoms with van der Waals surface area (Å²) in [6.07, 6.45) is 6.16. The van der Waals surface area contributed by atoms with Crippen LogP contribution in [0.2, 0.25) is 0 Å². The summed E-state index contributed by atoms with van der Waals surface area (Å²) < 4.78 is 5.57. The minimum atomic E-state index is 0.714. The van der Waals surface area contributed by atoms with Crippen molar-refractivity contribution >= 4 is 0 Å². The van der Waals surface area contributed by atoms with E-state index in [-0.39, 0.29) is 0 Å². The lowest BCUT2D eigenvalue weighted by Crippen LogP contribution is -2.42. The third kappa shape index (κ3) is 3.76. The van der Waals surface area contributed by atoms with Gasteiger partial charge in [0.25, 0.3) is 0 Å². The van der Waals surface area contributed by atoms with Crippen LogP contribution in [0.1, 0.15) is 44.4 Å². The molecule has 0 bridgehead atoms. The Kier molecular flexibility index (Phi) is 4.13. The molecule has 5 nitrogen and oxygen atoms in total. The van der Waals surface area contributed by atoms with Gasteiger partial charge in [-0.25, -0.2) is 0 Å². The van der Waals surface area contributed by atoms with E-state index < -0.39 is 0 Å². The topological polar surface area (TPSA) is 54.2 Å². The highest BCUT2D eigenvalue weighted by Gasteiger charge is 2.24. The van der Waals surface area contributed by atoms with Crippen LogP contribution in [-0.2, 0) is 13.0 Å². The molecule has 1 saturated heterocycles. The van der Waals surface area contributed by atoms with Crippen molar-refractivity contribution in [1.29, 1.82) is 0 Å². The monoisotopic (exact) mass is 264 g/mol. The Morgan fingerprint density at radius 2 is 1.89 bits per heavy atom. The second-order valence-electron chi connectivity index (χ2n) is 5.85. The molecule has 1 aliphatic carbocycles. The standard InChI is InChI=1S/C14H24N4O/c1-2-13-16-17-14(19-13)10-18-7-5-12(6-8-18)15-9-11-3-4-11/h11-12,15H,2-10H2,1H3. The number of aryl methyl sites for hydroxylation is 1. The highest BCUT2D eigenvalue weighted by molar-refractivity contribution is 4.85. The molecule has 5 heteroatoms. The van der Waals surface area contributed by atoms with E-state index in [1.54, 1.807) is 0 Å². The summed E-state index contributed by atoms with van der Waals surface area (Å²) in [6, 6.07) is 0.714. The van der Waals surface area contributed by atoms with Gasteiger partial charge >= 0.3 is 0 Å². The number of nitrogens with one attached hydrogen (secondary N) is 1. The molecule has 1 aromatic heterocycles. The third-order valence-corrected chi connectivity index (χ3v) is 4.15. The highest BCUT2D eigenvalue weighted by atomic mass is 16.4. The molecule has 1 N–H and O–H groups in total. The van der Waals surface area contributed by atoms with Crippen LogP contribution in [0.3, 0.4) is 0 Å². The fraction of sp³-hybridized carbons (Fsp3) is 0.857. The van der Waals surface area contributed by atoms with Crippen molar-refractivity contribution in [2.75, 3.05) is 19.6 Å². The van der Waals surface area contributed by atoms with Crippen LogP contribution in [0.25, 0.3) is 0 Å². The number of likely N-dealkylation sites (tertiary alicyclic amines) is 1. The Hall–Kier alpha value is -0.940. The van der Waals surface area contributed by atoms with Crippen LogP contribution in [0.4, 0.5) is 0 Å².